The molecule has 0 amide bonds. The zero-order chi connectivity index (χ0) is 16.3. The number of unbranched alkanes of at least 4 members (excludes halogenated alkanes) is 10. The lowest BCUT2D eigenvalue weighted by atomic mass is 10.1. The van der Waals surface area contributed by atoms with Gasteiger partial charge in [-0.05, 0) is 51.4 Å². The first-order chi connectivity index (χ1) is 10.8. The van der Waals surface area contributed by atoms with Crippen molar-refractivity contribution in [2.75, 3.05) is 0 Å². The van der Waals surface area contributed by atoms with Crippen LogP contribution < -0.4 is 0 Å². The van der Waals surface area contributed by atoms with E-state index in [1.54, 1.807) is 0 Å². The summed E-state index contributed by atoms with van der Waals surface area (Å²) in [7, 11) is 0. The number of carboxylic acids is 1. The lowest BCUT2D eigenvalue weighted by molar-refractivity contribution is -0.137. The van der Waals surface area contributed by atoms with Crippen LogP contribution in [0.3, 0.4) is 0 Å². The van der Waals surface area contributed by atoms with Gasteiger partial charge in [-0.3, -0.25) is 4.79 Å². The second-order valence-corrected chi connectivity index (χ2v) is 6.07. The van der Waals surface area contributed by atoms with Gasteiger partial charge < -0.3 is 5.11 Å². The van der Waals surface area contributed by atoms with E-state index in [9.17, 15) is 4.79 Å². The maximum absolute atomic E-state index is 10.3. The average Bonchev–Trinajstić information content (AvgIpc) is 2.50. The summed E-state index contributed by atoms with van der Waals surface area (Å²) in [4.78, 5) is 10.3. The number of rotatable bonds is 16. The summed E-state index contributed by atoms with van der Waals surface area (Å²) in [6, 6.07) is 0. The van der Waals surface area contributed by atoms with Crippen molar-refractivity contribution < 1.29 is 9.90 Å². The van der Waals surface area contributed by atoms with Crippen molar-refractivity contribution in [1.29, 1.82) is 0 Å². The molecule has 0 heterocycles. The Hall–Kier alpha value is -1.05. The molecule has 0 aliphatic rings. The van der Waals surface area contributed by atoms with Crippen LogP contribution in [0.2, 0.25) is 0 Å². The maximum Gasteiger partial charge on any atom is 0.303 e. The molecule has 0 spiro atoms. The van der Waals surface area contributed by atoms with Crippen molar-refractivity contribution in [3.63, 3.8) is 0 Å². The number of hydrogen-bond acceptors (Lipinski definition) is 1. The van der Waals surface area contributed by atoms with E-state index in [0.717, 1.165) is 19.3 Å². The highest BCUT2D eigenvalue weighted by Gasteiger charge is 1.93. The van der Waals surface area contributed by atoms with Gasteiger partial charge in [-0.15, -0.1) is 0 Å². The van der Waals surface area contributed by atoms with Gasteiger partial charge in [0.25, 0.3) is 0 Å². The van der Waals surface area contributed by atoms with Gasteiger partial charge in [0.1, 0.15) is 0 Å². The SMILES string of the molecule is CCCCC/C=C\CCCCCCC/C=C\CCCC(=O)O. The van der Waals surface area contributed by atoms with Gasteiger partial charge in [0.2, 0.25) is 0 Å². The van der Waals surface area contributed by atoms with Gasteiger partial charge in [-0.1, -0.05) is 63.3 Å². The molecule has 22 heavy (non-hydrogen) atoms. The topological polar surface area (TPSA) is 37.3 Å². The smallest absolute Gasteiger partial charge is 0.303 e. The molecule has 1 N–H and O–H groups in total. The molecule has 0 radical (unpaired) electrons. The molecule has 0 atom stereocenters. The third kappa shape index (κ3) is 18.9. The Bertz CT molecular complexity index is 292. The number of carboxylic acid groups (broad SMARTS) is 1. The number of carbonyl (C=O) groups is 1. The molecule has 0 aromatic rings. The van der Waals surface area contributed by atoms with Crippen LogP contribution in [0.25, 0.3) is 0 Å². The second-order valence-electron chi connectivity index (χ2n) is 6.07. The van der Waals surface area contributed by atoms with Crippen LogP contribution in [0.1, 0.15) is 96.8 Å². The van der Waals surface area contributed by atoms with E-state index in [4.69, 9.17) is 5.11 Å². The summed E-state index contributed by atoms with van der Waals surface area (Å²) in [6.45, 7) is 2.25. The van der Waals surface area contributed by atoms with Crippen LogP contribution in [-0.4, -0.2) is 11.1 Å². The summed E-state index contributed by atoms with van der Waals surface area (Å²) in [5.41, 5.74) is 0. The molecule has 0 aliphatic carbocycles. The van der Waals surface area contributed by atoms with Gasteiger partial charge in [0.15, 0.2) is 0 Å². The molecular weight excluding hydrogens is 272 g/mol. The van der Waals surface area contributed by atoms with E-state index >= 15 is 0 Å². The Morgan fingerprint density at radius 3 is 1.55 bits per heavy atom. The summed E-state index contributed by atoms with van der Waals surface area (Å²) in [5, 5.41) is 8.51. The van der Waals surface area contributed by atoms with Gasteiger partial charge >= 0.3 is 5.97 Å². The fraction of sp³-hybridized carbons (Fsp3) is 0.750. The summed E-state index contributed by atoms with van der Waals surface area (Å²) in [5.74, 6) is -0.691. The molecular formula is C20H36O2. The molecule has 0 aliphatic heterocycles. The molecule has 2 nitrogen and oxygen atoms in total. The van der Waals surface area contributed by atoms with Crippen LogP contribution in [0.5, 0.6) is 0 Å². The summed E-state index contributed by atoms with van der Waals surface area (Å²) in [6.07, 6.45) is 25.3. The zero-order valence-electron chi connectivity index (χ0n) is 14.6. The van der Waals surface area contributed by atoms with Gasteiger partial charge in [-0.25, -0.2) is 0 Å². The van der Waals surface area contributed by atoms with Crippen molar-refractivity contribution in [1.82, 2.24) is 0 Å². The van der Waals surface area contributed by atoms with Crippen molar-refractivity contribution in [3.05, 3.63) is 24.3 Å². The van der Waals surface area contributed by atoms with Crippen molar-refractivity contribution in [2.24, 2.45) is 0 Å². The quantitative estimate of drug-likeness (QED) is 0.255. The number of allylic oxidation sites excluding steroid dienone is 4. The summed E-state index contributed by atoms with van der Waals surface area (Å²) < 4.78 is 0. The van der Waals surface area contributed by atoms with Crippen molar-refractivity contribution >= 4 is 5.97 Å². The van der Waals surface area contributed by atoms with Gasteiger partial charge in [0.05, 0.1) is 0 Å². The fourth-order valence-corrected chi connectivity index (χ4v) is 2.41. The van der Waals surface area contributed by atoms with Gasteiger partial charge in [0, 0.05) is 6.42 Å². The standard InChI is InChI=1S/C20H36O2/c1-2-3-4-5-6-7-8-9-10-11-12-13-14-15-16-17-18-19-20(21)22/h6-7,15-16H,2-5,8-14,17-19H2,1H3,(H,21,22)/b7-6-,16-15-. The molecule has 0 rings (SSSR count). The average molecular weight is 309 g/mol. The minimum atomic E-state index is -0.691. The Morgan fingerprint density at radius 1 is 0.682 bits per heavy atom. The Morgan fingerprint density at radius 2 is 1.09 bits per heavy atom. The van der Waals surface area contributed by atoms with Crippen molar-refractivity contribution in [2.45, 2.75) is 96.8 Å². The zero-order valence-corrected chi connectivity index (χ0v) is 14.6. The monoisotopic (exact) mass is 308 g/mol. The molecule has 128 valence electrons. The van der Waals surface area contributed by atoms with Crippen LogP contribution in [0.4, 0.5) is 0 Å². The van der Waals surface area contributed by atoms with Crippen LogP contribution in [0, 0.1) is 0 Å². The minimum Gasteiger partial charge on any atom is -0.481 e. The lowest BCUT2D eigenvalue weighted by Crippen LogP contribution is -1.92. The molecule has 0 unspecified atom stereocenters. The Balaban J connectivity index is 3.13. The van der Waals surface area contributed by atoms with E-state index in [0.29, 0.717) is 0 Å². The van der Waals surface area contributed by atoms with Crippen molar-refractivity contribution in [3.8, 4) is 0 Å². The second kappa shape index (κ2) is 18.0. The Kier molecular flexibility index (Phi) is 17.1. The van der Waals surface area contributed by atoms with E-state index in [1.807, 2.05) is 0 Å². The highest BCUT2D eigenvalue weighted by molar-refractivity contribution is 5.66. The molecule has 0 saturated heterocycles. The largest absolute Gasteiger partial charge is 0.481 e. The molecule has 0 aromatic heterocycles. The predicted molar refractivity (Wildman–Crippen MR) is 96.2 cm³/mol. The number of hydrogen-bond donors (Lipinski definition) is 1. The normalized spacial score (nSPS) is 11.7. The predicted octanol–water partition coefficient (Wildman–Crippen LogP) is 6.66. The lowest BCUT2D eigenvalue weighted by Gasteiger charge is -1.98. The minimum absolute atomic E-state index is 0.289. The molecule has 0 fully saturated rings. The maximum atomic E-state index is 10.3. The highest BCUT2D eigenvalue weighted by Crippen LogP contribution is 2.09. The van der Waals surface area contributed by atoms with E-state index in [2.05, 4.69) is 31.2 Å². The van der Waals surface area contributed by atoms with Crippen LogP contribution >= 0.6 is 0 Å². The number of aliphatic carboxylic acids is 1. The van der Waals surface area contributed by atoms with Crippen LogP contribution in [0.15, 0.2) is 24.3 Å². The molecule has 0 aromatic carbocycles. The first-order valence-corrected chi connectivity index (χ1v) is 9.29. The van der Waals surface area contributed by atoms with Crippen LogP contribution in [-0.2, 0) is 4.79 Å². The first-order valence-electron chi connectivity index (χ1n) is 9.29. The third-order valence-corrected chi connectivity index (χ3v) is 3.81. The fourth-order valence-electron chi connectivity index (χ4n) is 2.41. The molecule has 0 bridgehead atoms. The Labute approximate surface area is 137 Å². The summed E-state index contributed by atoms with van der Waals surface area (Å²) >= 11 is 0. The van der Waals surface area contributed by atoms with E-state index < -0.39 is 5.97 Å². The first kappa shape index (κ1) is 20.9. The molecule has 0 saturated carbocycles. The highest BCUT2D eigenvalue weighted by atomic mass is 16.4. The van der Waals surface area contributed by atoms with E-state index in [1.165, 1.54) is 64.2 Å². The van der Waals surface area contributed by atoms with Gasteiger partial charge in [-0.2, -0.15) is 0 Å². The van der Waals surface area contributed by atoms with E-state index in [-0.39, 0.29) is 6.42 Å². The third-order valence-electron chi connectivity index (χ3n) is 3.81. The molecule has 2 heteroatoms.